The van der Waals surface area contributed by atoms with Crippen molar-refractivity contribution in [1.82, 2.24) is 0 Å². The molecule has 2 aromatic carbocycles. The number of nitrogens with one attached hydrogen (secondary N) is 2. The van der Waals surface area contributed by atoms with Crippen LogP contribution in [-0.2, 0) is 4.74 Å². The molecule has 1 aliphatic heterocycles. The lowest BCUT2D eigenvalue weighted by Gasteiger charge is -2.32. The van der Waals surface area contributed by atoms with E-state index in [0.29, 0.717) is 17.9 Å². The molecule has 28 heavy (non-hydrogen) atoms. The number of carbonyl (C=O) groups excluding carboxylic acids is 2. The molecule has 0 saturated carbocycles. The van der Waals surface area contributed by atoms with Crippen molar-refractivity contribution in [2.45, 2.75) is 26.7 Å². The molecule has 1 heterocycles. The van der Waals surface area contributed by atoms with Gasteiger partial charge in [0.05, 0.1) is 6.61 Å². The summed E-state index contributed by atoms with van der Waals surface area (Å²) in [7, 11) is 0. The first-order chi connectivity index (χ1) is 13.5. The average Bonchev–Trinajstić information content (AvgIpc) is 2.69. The van der Waals surface area contributed by atoms with E-state index in [2.05, 4.69) is 22.5 Å². The third kappa shape index (κ3) is 5.25. The maximum atomic E-state index is 12.5. The summed E-state index contributed by atoms with van der Waals surface area (Å²) >= 11 is 0. The lowest BCUT2D eigenvalue weighted by atomic mass is 9.99. The predicted molar refractivity (Wildman–Crippen MR) is 112 cm³/mol. The Bertz CT molecular complexity index is 812. The van der Waals surface area contributed by atoms with Gasteiger partial charge in [0.25, 0.3) is 5.91 Å². The van der Waals surface area contributed by atoms with Gasteiger partial charge in [-0.2, -0.15) is 0 Å². The second kappa shape index (κ2) is 9.26. The summed E-state index contributed by atoms with van der Waals surface area (Å²) in [5.74, 6) is 0.566. The molecule has 0 bridgehead atoms. The van der Waals surface area contributed by atoms with Gasteiger partial charge in [-0.05, 0) is 68.1 Å². The van der Waals surface area contributed by atoms with Crippen LogP contribution in [0.15, 0.2) is 48.5 Å². The molecule has 0 atom stereocenters. The van der Waals surface area contributed by atoms with E-state index in [-0.39, 0.29) is 5.91 Å². The number of anilines is 3. The summed E-state index contributed by atoms with van der Waals surface area (Å²) in [6.07, 6.45) is 1.89. The molecule has 0 aromatic heterocycles. The van der Waals surface area contributed by atoms with Crippen molar-refractivity contribution in [2.24, 2.45) is 5.92 Å². The summed E-state index contributed by atoms with van der Waals surface area (Å²) in [6, 6.07) is 14.7. The van der Waals surface area contributed by atoms with Crippen LogP contribution in [0.1, 0.15) is 37.0 Å². The molecule has 6 heteroatoms. The normalized spacial score (nSPS) is 14.4. The Morgan fingerprint density at radius 1 is 1.04 bits per heavy atom. The third-order valence-corrected chi connectivity index (χ3v) is 4.92. The summed E-state index contributed by atoms with van der Waals surface area (Å²) < 4.78 is 4.85. The van der Waals surface area contributed by atoms with Gasteiger partial charge in [0.15, 0.2) is 0 Å². The van der Waals surface area contributed by atoms with E-state index < -0.39 is 6.09 Å². The van der Waals surface area contributed by atoms with Crippen molar-refractivity contribution in [1.29, 1.82) is 0 Å². The Hall–Kier alpha value is -3.02. The number of nitrogens with zero attached hydrogens (tertiary/aromatic N) is 1. The average molecular weight is 381 g/mol. The number of carbonyl (C=O) groups is 2. The lowest BCUT2D eigenvalue weighted by molar-refractivity contribution is 0.102. The van der Waals surface area contributed by atoms with Gasteiger partial charge in [-0.25, -0.2) is 4.79 Å². The van der Waals surface area contributed by atoms with E-state index in [1.54, 1.807) is 31.2 Å². The van der Waals surface area contributed by atoms with Crippen molar-refractivity contribution in [3.8, 4) is 0 Å². The van der Waals surface area contributed by atoms with Gasteiger partial charge in [-0.3, -0.25) is 10.1 Å². The number of hydrogen-bond acceptors (Lipinski definition) is 4. The van der Waals surface area contributed by atoms with Crippen LogP contribution in [-0.4, -0.2) is 31.7 Å². The van der Waals surface area contributed by atoms with Crippen molar-refractivity contribution < 1.29 is 14.3 Å². The van der Waals surface area contributed by atoms with E-state index in [1.165, 1.54) is 18.5 Å². The van der Waals surface area contributed by atoms with Gasteiger partial charge in [0.1, 0.15) is 0 Å². The molecule has 1 aliphatic rings. The zero-order valence-corrected chi connectivity index (χ0v) is 16.4. The van der Waals surface area contributed by atoms with Crippen LogP contribution >= 0.6 is 0 Å². The fourth-order valence-corrected chi connectivity index (χ4v) is 3.25. The Kier molecular flexibility index (Phi) is 6.53. The van der Waals surface area contributed by atoms with E-state index in [4.69, 9.17) is 4.74 Å². The van der Waals surface area contributed by atoms with Crippen LogP contribution in [0, 0.1) is 5.92 Å². The van der Waals surface area contributed by atoms with Gasteiger partial charge in [0, 0.05) is 35.7 Å². The van der Waals surface area contributed by atoms with Crippen LogP contribution in [0.4, 0.5) is 21.9 Å². The SMILES string of the molecule is CCOC(=O)Nc1cccc(C(=O)Nc2ccc(N3CCC(C)CC3)cc2)c1. The quantitative estimate of drug-likeness (QED) is 0.784. The minimum atomic E-state index is -0.539. The van der Waals surface area contributed by atoms with Gasteiger partial charge < -0.3 is 15.0 Å². The Labute approximate surface area is 165 Å². The maximum absolute atomic E-state index is 12.5. The maximum Gasteiger partial charge on any atom is 0.411 e. The van der Waals surface area contributed by atoms with Crippen molar-refractivity contribution in [2.75, 3.05) is 35.2 Å². The first kappa shape index (κ1) is 19.7. The van der Waals surface area contributed by atoms with Gasteiger partial charge in [-0.1, -0.05) is 13.0 Å². The zero-order chi connectivity index (χ0) is 19.9. The molecule has 2 amide bonds. The van der Waals surface area contributed by atoms with Crippen LogP contribution in [0.3, 0.4) is 0 Å². The number of hydrogen-bond donors (Lipinski definition) is 2. The molecular weight excluding hydrogens is 354 g/mol. The fraction of sp³-hybridized carbons (Fsp3) is 0.364. The van der Waals surface area contributed by atoms with Crippen molar-refractivity contribution >= 4 is 29.1 Å². The highest BCUT2D eigenvalue weighted by molar-refractivity contribution is 6.05. The van der Waals surface area contributed by atoms with Crippen molar-refractivity contribution in [3.63, 3.8) is 0 Å². The minimum absolute atomic E-state index is 0.230. The summed E-state index contributed by atoms with van der Waals surface area (Å²) in [4.78, 5) is 26.4. The van der Waals surface area contributed by atoms with Crippen LogP contribution < -0.4 is 15.5 Å². The fourth-order valence-electron chi connectivity index (χ4n) is 3.25. The highest BCUT2D eigenvalue weighted by atomic mass is 16.5. The Morgan fingerprint density at radius 3 is 2.43 bits per heavy atom. The monoisotopic (exact) mass is 381 g/mol. The van der Waals surface area contributed by atoms with E-state index in [9.17, 15) is 9.59 Å². The first-order valence-electron chi connectivity index (χ1n) is 9.75. The van der Waals surface area contributed by atoms with Gasteiger partial charge >= 0.3 is 6.09 Å². The molecular formula is C22H27N3O3. The standard InChI is InChI=1S/C22H27N3O3/c1-3-28-22(27)24-19-6-4-5-17(15-19)21(26)23-18-7-9-20(10-8-18)25-13-11-16(2)12-14-25/h4-10,15-16H,3,11-14H2,1-2H3,(H,23,26)(H,24,27). The van der Waals surface area contributed by atoms with E-state index in [0.717, 1.165) is 24.7 Å². The van der Waals surface area contributed by atoms with Gasteiger partial charge in [0.2, 0.25) is 0 Å². The highest BCUT2D eigenvalue weighted by Crippen LogP contribution is 2.24. The molecule has 1 fully saturated rings. The summed E-state index contributed by atoms with van der Waals surface area (Å²) in [5, 5.41) is 5.50. The second-order valence-corrected chi connectivity index (χ2v) is 7.10. The number of piperidine rings is 1. The molecule has 0 radical (unpaired) electrons. The molecule has 1 saturated heterocycles. The highest BCUT2D eigenvalue weighted by Gasteiger charge is 2.16. The molecule has 2 aromatic rings. The number of ether oxygens (including phenoxy) is 1. The largest absolute Gasteiger partial charge is 0.450 e. The summed E-state index contributed by atoms with van der Waals surface area (Å²) in [5.41, 5.74) is 2.90. The van der Waals surface area contributed by atoms with Crippen LogP contribution in [0.25, 0.3) is 0 Å². The molecule has 0 unspecified atom stereocenters. The smallest absolute Gasteiger partial charge is 0.411 e. The molecule has 2 N–H and O–H groups in total. The molecule has 0 spiro atoms. The molecule has 148 valence electrons. The second-order valence-electron chi connectivity index (χ2n) is 7.10. The number of rotatable bonds is 5. The van der Waals surface area contributed by atoms with Gasteiger partial charge in [-0.15, -0.1) is 0 Å². The molecule has 0 aliphatic carbocycles. The van der Waals surface area contributed by atoms with Crippen molar-refractivity contribution in [3.05, 3.63) is 54.1 Å². The molecule has 6 nitrogen and oxygen atoms in total. The Morgan fingerprint density at radius 2 is 1.75 bits per heavy atom. The van der Waals surface area contributed by atoms with E-state index in [1.807, 2.05) is 24.3 Å². The third-order valence-electron chi connectivity index (χ3n) is 4.92. The minimum Gasteiger partial charge on any atom is -0.450 e. The Balaban J connectivity index is 1.60. The zero-order valence-electron chi connectivity index (χ0n) is 16.4. The summed E-state index contributed by atoms with van der Waals surface area (Å²) in [6.45, 7) is 6.48. The topological polar surface area (TPSA) is 70.7 Å². The number of benzene rings is 2. The predicted octanol–water partition coefficient (Wildman–Crippen LogP) is 4.74. The van der Waals surface area contributed by atoms with Crippen LogP contribution in [0.2, 0.25) is 0 Å². The van der Waals surface area contributed by atoms with Crippen LogP contribution in [0.5, 0.6) is 0 Å². The number of amides is 2. The lowest BCUT2D eigenvalue weighted by Crippen LogP contribution is -2.32. The van der Waals surface area contributed by atoms with E-state index >= 15 is 0 Å². The molecule has 3 rings (SSSR count). The first-order valence-corrected chi connectivity index (χ1v) is 9.75.